The molecular formula is C17H27NO6S2. The normalized spacial score (nSPS) is 33.0. The minimum Gasteiger partial charge on any atom is -0.436 e. The summed E-state index contributed by atoms with van der Waals surface area (Å²) >= 11 is 0. The van der Waals surface area contributed by atoms with E-state index < -0.39 is 18.7 Å². The van der Waals surface area contributed by atoms with Crippen molar-refractivity contribution in [3.8, 4) is 0 Å². The number of rotatable bonds is 8. The third-order valence-electron chi connectivity index (χ3n) is 4.62. The van der Waals surface area contributed by atoms with Crippen LogP contribution in [-0.2, 0) is 23.7 Å². The van der Waals surface area contributed by atoms with Crippen LogP contribution in [0.4, 0.5) is 4.79 Å². The van der Waals surface area contributed by atoms with Crippen LogP contribution in [0.3, 0.4) is 0 Å². The van der Waals surface area contributed by atoms with E-state index >= 15 is 0 Å². The highest BCUT2D eigenvalue weighted by atomic mass is 33.1. The third kappa shape index (κ3) is 5.94. The molecule has 148 valence electrons. The Hall–Kier alpha value is -0.640. The van der Waals surface area contributed by atoms with E-state index in [-0.39, 0.29) is 18.2 Å². The number of amides is 1. The van der Waals surface area contributed by atoms with Gasteiger partial charge in [0.15, 0.2) is 0 Å². The van der Waals surface area contributed by atoms with Crippen molar-refractivity contribution in [3.05, 3.63) is 0 Å². The van der Waals surface area contributed by atoms with Gasteiger partial charge in [0.25, 0.3) is 0 Å². The maximum Gasteiger partial charge on any atom is 0.409 e. The summed E-state index contributed by atoms with van der Waals surface area (Å²) in [5, 5.41) is 3.31. The van der Waals surface area contributed by atoms with Crippen molar-refractivity contribution in [1.82, 2.24) is 5.32 Å². The van der Waals surface area contributed by atoms with Gasteiger partial charge in [-0.3, -0.25) is 4.79 Å². The molecule has 3 heterocycles. The minimum atomic E-state index is -0.597. The van der Waals surface area contributed by atoms with Gasteiger partial charge in [-0.2, -0.15) is 0 Å². The number of nitrogens with one attached hydrogen (secondary N) is 1. The van der Waals surface area contributed by atoms with Gasteiger partial charge in [0, 0.05) is 36.8 Å². The van der Waals surface area contributed by atoms with Gasteiger partial charge in [-0.15, -0.1) is 0 Å². The van der Waals surface area contributed by atoms with Gasteiger partial charge in [0.2, 0.25) is 12.6 Å². The number of carbonyl (C=O) groups excluding carboxylic acids is 2. The number of unbranched alkanes of at least 4 members (excludes halogenated alkanes) is 1. The first kappa shape index (κ1) is 20.1. The molecule has 3 aliphatic rings. The summed E-state index contributed by atoms with van der Waals surface area (Å²) in [6, 6.07) is 0. The summed E-state index contributed by atoms with van der Waals surface area (Å²) in [5.41, 5.74) is 0. The van der Waals surface area contributed by atoms with E-state index in [1.54, 1.807) is 0 Å². The fraction of sp³-hybridized carbons (Fsp3) is 0.882. The summed E-state index contributed by atoms with van der Waals surface area (Å²) in [5.74, 6) is 1.04. The molecule has 26 heavy (non-hydrogen) atoms. The van der Waals surface area contributed by atoms with E-state index in [0.29, 0.717) is 25.8 Å². The molecule has 5 atom stereocenters. The van der Waals surface area contributed by atoms with E-state index in [1.165, 1.54) is 18.6 Å². The highest BCUT2D eigenvalue weighted by molar-refractivity contribution is 8.77. The lowest BCUT2D eigenvalue weighted by Crippen LogP contribution is -2.29. The van der Waals surface area contributed by atoms with Crippen molar-refractivity contribution in [2.24, 2.45) is 0 Å². The molecule has 0 bridgehead atoms. The Morgan fingerprint density at radius 3 is 2.50 bits per heavy atom. The molecule has 1 unspecified atom stereocenters. The van der Waals surface area contributed by atoms with Crippen LogP contribution < -0.4 is 5.32 Å². The largest absolute Gasteiger partial charge is 0.436 e. The second-order valence-electron chi connectivity index (χ2n) is 6.68. The van der Waals surface area contributed by atoms with E-state index in [1.807, 2.05) is 28.5 Å². The maximum absolute atomic E-state index is 12.0. The van der Waals surface area contributed by atoms with Gasteiger partial charge >= 0.3 is 12.1 Å². The molecule has 0 spiro atoms. The monoisotopic (exact) mass is 405 g/mol. The number of esters is 1. The predicted molar refractivity (Wildman–Crippen MR) is 99.7 cm³/mol. The van der Waals surface area contributed by atoms with Crippen LogP contribution >= 0.6 is 21.6 Å². The van der Waals surface area contributed by atoms with Crippen LogP contribution in [0.2, 0.25) is 0 Å². The quantitative estimate of drug-likeness (QED) is 0.374. The first-order valence-corrected chi connectivity index (χ1v) is 11.8. The van der Waals surface area contributed by atoms with Crippen molar-refractivity contribution < 1.29 is 28.5 Å². The Kier molecular flexibility index (Phi) is 7.77. The van der Waals surface area contributed by atoms with Crippen LogP contribution in [0.25, 0.3) is 0 Å². The number of alkyl carbamates (subject to hydrolysis) is 1. The lowest BCUT2D eigenvalue weighted by Gasteiger charge is -2.16. The zero-order chi connectivity index (χ0) is 18.4. The Morgan fingerprint density at radius 1 is 1.12 bits per heavy atom. The molecule has 0 radical (unpaired) electrons. The summed E-state index contributed by atoms with van der Waals surface area (Å²) < 4.78 is 21.9. The van der Waals surface area contributed by atoms with Crippen LogP contribution in [0, 0.1) is 0 Å². The van der Waals surface area contributed by atoms with Crippen LogP contribution in [-0.4, -0.2) is 54.4 Å². The second-order valence-corrected chi connectivity index (χ2v) is 9.47. The second kappa shape index (κ2) is 10.1. The molecular weight excluding hydrogens is 378 g/mol. The zero-order valence-electron chi connectivity index (χ0n) is 15.0. The lowest BCUT2D eigenvalue weighted by molar-refractivity contribution is -0.177. The standard InChI is InChI=1S/C17H27NO6S2/c1-2-18-17(20)24-16-10-13-12(22-16)9-15(21-13)23-14(19)6-4-3-5-11-7-8-25-26-11/h11-13,15-16H,2-10H2,1H3,(H,18,20)/t11?,12-,13-,15+,16-/m1/s1. The molecule has 0 saturated carbocycles. The average molecular weight is 406 g/mol. The van der Waals surface area contributed by atoms with Crippen molar-refractivity contribution in [2.45, 2.75) is 81.9 Å². The van der Waals surface area contributed by atoms with Gasteiger partial charge in [-0.1, -0.05) is 28.0 Å². The molecule has 0 aliphatic carbocycles. The maximum atomic E-state index is 12.0. The summed E-state index contributed by atoms with van der Waals surface area (Å²) in [6.07, 6.45) is 3.75. The van der Waals surface area contributed by atoms with Gasteiger partial charge in [-0.25, -0.2) is 4.79 Å². The molecule has 0 aromatic rings. The highest BCUT2D eigenvalue weighted by Crippen LogP contribution is 2.40. The molecule has 3 saturated heterocycles. The van der Waals surface area contributed by atoms with Crippen LogP contribution in [0.5, 0.6) is 0 Å². The summed E-state index contributed by atoms with van der Waals surface area (Å²) in [7, 11) is 3.92. The molecule has 1 N–H and O–H groups in total. The summed E-state index contributed by atoms with van der Waals surface area (Å²) in [4.78, 5) is 23.4. The fourth-order valence-corrected chi connectivity index (χ4v) is 6.37. The first-order chi connectivity index (χ1) is 12.6. The van der Waals surface area contributed by atoms with E-state index in [9.17, 15) is 9.59 Å². The van der Waals surface area contributed by atoms with E-state index in [4.69, 9.17) is 18.9 Å². The number of carbonyl (C=O) groups is 2. The molecule has 3 fully saturated rings. The smallest absolute Gasteiger partial charge is 0.409 e. The minimum absolute atomic E-state index is 0.191. The molecule has 0 aromatic heterocycles. The molecule has 0 aromatic carbocycles. The first-order valence-electron chi connectivity index (χ1n) is 9.37. The zero-order valence-corrected chi connectivity index (χ0v) is 16.6. The lowest BCUT2D eigenvalue weighted by atomic mass is 10.1. The molecule has 9 heteroatoms. The van der Waals surface area contributed by atoms with Crippen molar-refractivity contribution >= 4 is 33.7 Å². The Balaban J connectivity index is 1.27. The van der Waals surface area contributed by atoms with Crippen molar-refractivity contribution in [2.75, 3.05) is 12.3 Å². The third-order valence-corrected chi connectivity index (χ3v) is 7.63. The van der Waals surface area contributed by atoms with Gasteiger partial charge in [0.05, 0.1) is 12.2 Å². The number of ether oxygens (including phenoxy) is 4. The van der Waals surface area contributed by atoms with E-state index in [2.05, 4.69) is 5.32 Å². The molecule has 7 nitrogen and oxygen atoms in total. The topological polar surface area (TPSA) is 83.1 Å². The van der Waals surface area contributed by atoms with Crippen molar-refractivity contribution in [3.63, 3.8) is 0 Å². The summed E-state index contributed by atoms with van der Waals surface area (Å²) in [6.45, 7) is 2.33. The van der Waals surface area contributed by atoms with Crippen LogP contribution in [0.1, 0.15) is 51.9 Å². The fourth-order valence-electron chi connectivity index (χ4n) is 3.34. The molecule has 3 aliphatic heterocycles. The van der Waals surface area contributed by atoms with Gasteiger partial charge < -0.3 is 24.3 Å². The Bertz CT molecular complexity index is 474. The Labute approximate surface area is 162 Å². The average Bonchev–Trinajstić information content (AvgIpc) is 3.28. The Morgan fingerprint density at radius 2 is 1.85 bits per heavy atom. The predicted octanol–water partition coefficient (Wildman–Crippen LogP) is 3.22. The van der Waals surface area contributed by atoms with Gasteiger partial charge in [0.1, 0.15) is 0 Å². The number of hydrogen-bond acceptors (Lipinski definition) is 8. The van der Waals surface area contributed by atoms with E-state index in [0.717, 1.165) is 18.1 Å². The molecule has 3 rings (SSSR count). The van der Waals surface area contributed by atoms with Crippen LogP contribution in [0.15, 0.2) is 0 Å². The van der Waals surface area contributed by atoms with Gasteiger partial charge in [-0.05, 0) is 26.2 Å². The highest BCUT2D eigenvalue weighted by Gasteiger charge is 2.46. The SMILES string of the molecule is CCNC(=O)O[C@@H]1C[C@H]2O[C@@H](OC(=O)CCCCC3CCSS3)C[C@H]2O1. The number of hydrogen-bond donors (Lipinski definition) is 1. The number of fused-ring (bicyclic) bond motifs is 1. The molecule has 1 amide bonds. The van der Waals surface area contributed by atoms with Crippen molar-refractivity contribution in [1.29, 1.82) is 0 Å².